The van der Waals surface area contributed by atoms with E-state index in [0.29, 0.717) is 23.1 Å². The molecule has 3 aromatic carbocycles. The summed E-state index contributed by atoms with van der Waals surface area (Å²) in [6, 6.07) is 26.3. The monoisotopic (exact) mass is 546 g/mol. The highest BCUT2D eigenvalue weighted by molar-refractivity contribution is 5.90. The van der Waals surface area contributed by atoms with Crippen LogP contribution in [0.1, 0.15) is 40.4 Å². The quantitative estimate of drug-likeness (QED) is 0.131. The minimum atomic E-state index is -0.534. The van der Waals surface area contributed by atoms with Crippen molar-refractivity contribution in [3.63, 3.8) is 0 Å². The molecular formula is C35H34N2O4. The number of benzene rings is 3. The number of esters is 1. The van der Waals surface area contributed by atoms with Crippen molar-refractivity contribution < 1.29 is 23.9 Å². The Morgan fingerprint density at radius 1 is 1.07 bits per heavy atom. The summed E-state index contributed by atoms with van der Waals surface area (Å²) >= 11 is 0. The van der Waals surface area contributed by atoms with E-state index < -0.39 is 6.10 Å². The minimum absolute atomic E-state index is 0.00875. The van der Waals surface area contributed by atoms with Crippen molar-refractivity contribution in [1.29, 1.82) is 0 Å². The van der Waals surface area contributed by atoms with Crippen LogP contribution in [0.25, 0.3) is 22.9 Å². The summed E-state index contributed by atoms with van der Waals surface area (Å²) in [5.74, 6) is 1.08. The lowest BCUT2D eigenvalue weighted by molar-refractivity contribution is -0.627. The lowest BCUT2D eigenvalue weighted by Crippen LogP contribution is -2.55. The molecule has 0 N–H and O–H groups in total. The molecule has 208 valence electrons. The summed E-state index contributed by atoms with van der Waals surface area (Å²) in [4.78, 5) is 15.9. The zero-order chi connectivity index (χ0) is 28.3. The maximum absolute atomic E-state index is 13.5. The molecule has 1 aromatic heterocycles. The molecular weight excluding hydrogens is 512 g/mol. The molecule has 0 amide bonds. The molecule has 6 heteroatoms. The normalized spacial score (nSPS) is 22.7. The predicted molar refractivity (Wildman–Crippen MR) is 158 cm³/mol. The highest BCUT2D eigenvalue weighted by atomic mass is 16.5. The molecule has 0 radical (unpaired) electrons. The van der Waals surface area contributed by atoms with Gasteiger partial charge in [-0.2, -0.15) is 4.57 Å². The molecule has 0 spiro atoms. The zero-order valence-electron chi connectivity index (χ0n) is 23.2. The van der Waals surface area contributed by atoms with E-state index in [4.69, 9.17) is 9.47 Å². The highest BCUT2D eigenvalue weighted by Crippen LogP contribution is 2.44. The summed E-state index contributed by atoms with van der Waals surface area (Å²) in [6.07, 6.45) is 6.96. The van der Waals surface area contributed by atoms with Gasteiger partial charge in [0.25, 0.3) is 0 Å². The third-order valence-electron chi connectivity index (χ3n) is 8.56. The summed E-state index contributed by atoms with van der Waals surface area (Å²) in [5, 5.41) is 14.3. The molecule has 0 saturated carbocycles. The SMILES string of the molecule is C=C[C@H]1CN2CC[C@H]1C[C@H]2[C@H](OC(=O)c1ccccc1)c1cc[n+](/C([O-])=C/c2ccccc2)c2ccc(OC)cc12. The topological polar surface area (TPSA) is 65.7 Å². The van der Waals surface area contributed by atoms with Crippen LogP contribution in [-0.4, -0.2) is 37.1 Å². The Balaban J connectivity index is 1.47. The fraction of sp³-hybridized carbons (Fsp3) is 0.257. The third-order valence-corrected chi connectivity index (χ3v) is 8.56. The van der Waals surface area contributed by atoms with Gasteiger partial charge >= 0.3 is 5.97 Å². The Morgan fingerprint density at radius 3 is 2.51 bits per heavy atom. The molecule has 3 saturated heterocycles. The Kier molecular flexibility index (Phi) is 7.57. The highest BCUT2D eigenvalue weighted by Gasteiger charge is 2.44. The van der Waals surface area contributed by atoms with Crippen LogP contribution in [0, 0.1) is 11.8 Å². The van der Waals surface area contributed by atoms with Crippen LogP contribution in [-0.2, 0) is 4.74 Å². The second-order valence-electron chi connectivity index (χ2n) is 10.9. The Bertz CT molecular complexity index is 1580. The minimum Gasteiger partial charge on any atom is -0.823 e. The standard InChI is InChI=1S/C35H34N2O4/c1-3-25-23-36-18-16-27(25)21-32(36)34(41-35(39)26-12-8-5-9-13-26)29-17-19-37(31-15-14-28(40-2)22-30(29)31)33(38)20-24-10-6-4-7-11-24/h3-15,17,19-20,22,25,27,32,34H,1,16,18,21,23H2,2H3/b33-20-/t25-,27-,32-,34+/m0/s1. The van der Waals surface area contributed by atoms with E-state index in [1.54, 1.807) is 36.1 Å². The number of methoxy groups -OCH3 is 1. The maximum Gasteiger partial charge on any atom is 0.338 e. The molecule has 0 aliphatic carbocycles. The summed E-state index contributed by atoms with van der Waals surface area (Å²) in [5.41, 5.74) is 2.92. The number of pyridine rings is 1. The van der Waals surface area contributed by atoms with Crippen molar-refractivity contribution in [1.82, 2.24) is 4.90 Å². The zero-order valence-corrected chi connectivity index (χ0v) is 23.2. The van der Waals surface area contributed by atoms with Gasteiger partial charge in [0.05, 0.1) is 24.1 Å². The van der Waals surface area contributed by atoms with Gasteiger partial charge in [-0.1, -0.05) is 54.6 Å². The van der Waals surface area contributed by atoms with Gasteiger partial charge in [-0.3, -0.25) is 4.90 Å². The fourth-order valence-electron chi connectivity index (χ4n) is 6.41. The van der Waals surface area contributed by atoms with Gasteiger partial charge in [-0.25, -0.2) is 4.79 Å². The lowest BCUT2D eigenvalue weighted by Gasteiger charge is -2.51. The summed E-state index contributed by atoms with van der Waals surface area (Å²) < 4.78 is 13.6. The Labute approximate surface area is 240 Å². The number of hydrogen-bond acceptors (Lipinski definition) is 5. The number of aromatic nitrogens is 1. The van der Waals surface area contributed by atoms with E-state index in [0.717, 1.165) is 48.0 Å². The molecule has 41 heavy (non-hydrogen) atoms. The molecule has 3 fully saturated rings. The maximum atomic E-state index is 13.5. The molecule has 3 aliphatic rings. The van der Waals surface area contributed by atoms with E-state index in [1.807, 2.05) is 72.8 Å². The van der Waals surface area contributed by atoms with E-state index in [1.165, 1.54) is 0 Å². The molecule has 4 heterocycles. The van der Waals surface area contributed by atoms with Crippen LogP contribution in [0.2, 0.25) is 0 Å². The molecule has 3 aliphatic heterocycles. The molecule has 6 nitrogen and oxygen atoms in total. The lowest BCUT2D eigenvalue weighted by atomic mass is 9.73. The first-order valence-corrected chi connectivity index (χ1v) is 14.1. The first-order chi connectivity index (χ1) is 20.1. The average Bonchev–Trinajstić information content (AvgIpc) is 3.03. The number of fused-ring (bicyclic) bond motifs is 4. The van der Waals surface area contributed by atoms with Crippen molar-refractivity contribution in [2.75, 3.05) is 20.2 Å². The number of nitrogens with zero attached hydrogens (tertiary/aromatic N) is 2. The predicted octanol–water partition coefficient (Wildman–Crippen LogP) is 5.25. The molecule has 1 unspecified atom stereocenters. The first-order valence-electron chi connectivity index (χ1n) is 14.1. The van der Waals surface area contributed by atoms with Gasteiger partial charge in [-0.05, 0) is 61.1 Å². The van der Waals surface area contributed by atoms with Crippen molar-refractivity contribution in [2.24, 2.45) is 11.8 Å². The summed E-state index contributed by atoms with van der Waals surface area (Å²) in [7, 11) is 1.63. The Morgan fingerprint density at radius 2 is 1.83 bits per heavy atom. The van der Waals surface area contributed by atoms with Gasteiger partial charge < -0.3 is 14.6 Å². The number of carbonyl (C=O) groups excluding carboxylic acids is 1. The molecule has 2 bridgehead atoms. The van der Waals surface area contributed by atoms with E-state index in [2.05, 4.69) is 17.6 Å². The van der Waals surface area contributed by atoms with Crippen LogP contribution >= 0.6 is 0 Å². The van der Waals surface area contributed by atoms with Gasteiger partial charge in [0.1, 0.15) is 11.9 Å². The van der Waals surface area contributed by atoms with Crippen LogP contribution in [0.3, 0.4) is 0 Å². The van der Waals surface area contributed by atoms with Gasteiger partial charge in [0.15, 0.2) is 12.1 Å². The van der Waals surface area contributed by atoms with Crippen LogP contribution < -0.4 is 14.4 Å². The van der Waals surface area contributed by atoms with E-state index >= 15 is 0 Å². The largest absolute Gasteiger partial charge is 0.823 e. The van der Waals surface area contributed by atoms with Crippen molar-refractivity contribution >= 4 is 28.8 Å². The van der Waals surface area contributed by atoms with E-state index in [9.17, 15) is 9.90 Å². The van der Waals surface area contributed by atoms with Gasteiger partial charge in [-0.15, -0.1) is 6.58 Å². The molecule has 5 atom stereocenters. The van der Waals surface area contributed by atoms with Crippen molar-refractivity contribution in [2.45, 2.75) is 25.0 Å². The number of piperidine rings is 3. The smallest absolute Gasteiger partial charge is 0.338 e. The first kappa shape index (κ1) is 26.8. The fourth-order valence-corrected chi connectivity index (χ4v) is 6.41. The van der Waals surface area contributed by atoms with Crippen LogP contribution in [0.15, 0.2) is 104 Å². The van der Waals surface area contributed by atoms with Gasteiger partial charge in [0.2, 0.25) is 5.52 Å². The number of carbonyl (C=O) groups is 1. The van der Waals surface area contributed by atoms with Crippen LogP contribution in [0.4, 0.5) is 0 Å². The Hall–Kier alpha value is -4.42. The number of hydrogen-bond donors (Lipinski definition) is 0. The molecule has 4 aromatic rings. The van der Waals surface area contributed by atoms with Crippen molar-refractivity contribution in [3.8, 4) is 5.75 Å². The number of rotatable bonds is 8. The summed E-state index contributed by atoms with van der Waals surface area (Å²) in [6.45, 7) is 5.93. The van der Waals surface area contributed by atoms with E-state index in [-0.39, 0.29) is 17.9 Å². The molecule has 7 rings (SSSR count). The average molecular weight is 547 g/mol. The second kappa shape index (κ2) is 11.6. The van der Waals surface area contributed by atoms with Crippen LogP contribution in [0.5, 0.6) is 5.75 Å². The van der Waals surface area contributed by atoms with Crippen molar-refractivity contribution in [3.05, 3.63) is 120 Å². The van der Waals surface area contributed by atoms with Gasteiger partial charge in [0, 0.05) is 30.3 Å². The number of ether oxygens (including phenoxy) is 2. The second-order valence-corrected chi connectivity index (χ2v) is 10.9. The third kappa shape index (κ3) is 5.35.